The highest BCUT2D eigenvalue weighted by Gasteiger charge is 2.46. The van der Waals surface area contributed by atoms with Gasteiger partial charge in [0.25, 0.3) is 0 Å². The molecule has 0 amide bonds. The van der Waals surface area contributed by atoms with E-state index in [0.29, 0.717) is 39.6 Å². The Morgan fingerprint density at radius 3 is 1.19 bits per heavy atom. The molecule has 6 aliphatic rings. The predicted molar refractivity (Wildman–Crippen MR) is 157 cm³/mol. The number of rotatable bonds is 6. The molecule has 206 valence electrons. The molecule has 0 aliphatic carbocycles. The Kier molecular flexibility index (Phi) is 9.76. The van der Waals surface area contributed by atoms with Gasteiger partial charge in [-0.15, -0.1) is 11.3 Å². The van der Waals surface area contributed by atoms with Crippen LogP contribution in [0.2, 0.25) is 38.3 Å². The molecular formula is C24H42N2O6SSi4. The summed E-state index contributed by atoms with van der Waals surface area (Å²) in [6.45, 7) is 19.6. The fourth-order valence-electron chi connectivity index (χ4n) is 5.32. The monoisotopic (exact) mass is 598 g/mol. The molecule has 6 aliphatic heterocycles. The summed E-state index contributed by atoms with van der Waals surface area (Å²) in [5, 5.41) is 2.98. The first-order valence-electron chi connectivity index (χ1n) is 13.6. The molecule has 0 atom stereocenters. The quantitative estimate of drug-likeness (QED) is 0.462. The second kappa shape index (κ2) is 12.7. The summed E-state index contributed by atoms with van der Waals surface area (Å²) in [5.74, 6) is 0. The minimum atomic E-state index is -2.73. The first kappa shape index (κ1) is 28.5. The summed E-state index contributed by atoms with van der Waals surface area (Å²) in [5.41, 5.74) is 0. The van der Waals surface area contributed by atoms with Gasteiger partial charge in [-0.05, 0) is 22.5 Å². The Bertz CT molecular complexity index is 884. The molecular weight excluding hydrogens is 557 g/mol. The molecule has 1 aromatic heterocycles. The van der Waals surface area contributed by atoms with Crippen molar-refractivity contribution in [3.8, 4) is 0 Å². The summed E-state index contributed by atoms with van der Waals surface area (Å²) < 4.78 is 38.4. The summed E-state index contributed by atoms with van der Waals surface area (Å²) in [6, 6.07) is 6.27. The normalized spacial score (nSPS) is 32.4. The van der Waals surface area contributed by atoms with Gasteiger partial charge in [0.1, 0.15) is 0 Å². The number of hydrogen-bond donors (Lipinski definition) is 0. The van der Waals surface area contributed by atoms with Crippen molar-refractivity contribution in [2.75, 3.05) is 78.9 Å². The minimum Gasteiger partial charge on any atom is -0.372 e. The van der Waals surface area contributed by atoms with Gasteiger partial charge in [0.15, 0.2) is 0 Å². The summed E-state index contributed by atoms with van der Waals surface area (Å²) in [7, 11) is -6.92. The van der Waals surface area contributed by atoms with Crippen LogP contribution in [0.25, 0.3) is 0 Å². The smallest absolute Gasteiger partial charge is 0.372 e. The van der Waals surface area contributed by atoms with E-state index in [9.17, 15) is 0 Å². The molecule has 0 N–H and O–H groups in total. The number of thiophene rings is 1. The third kappa shape index (κ3) is 7.01. The molecule has 0 radical (unpaired) electrons. The summed E-state index contributed by atoms with van der Waals surface area (Å²) in [6.07, 6.45) is 0. The molecule has 7 rings (SSSR count). The van der Waals surface area contributed by atoms with Crippen LogP contribution in [0.5, 0.6) is 0 Å². The zero-order valence-electron chi connectivity index (χ0n) is 22.8. The molecule has 37 heavy (non-hydrogen) atoms. The highest BCUT2D eigenvalue weighted by Crippen LogP contribution is 2.29. The Hall–Kier alpha value is -0.0125. The SMILES string of the molecule is C[Si](C)=C(C[Si]12OCCN(CCO1)CCO2)c1ccc(C(C[Si]23OCCN(CCO2)CCO3)=[Si](C)C)s1. The van der Waals surface area contributed by atoms with E-state index in [1.165, 1.54) is 20.1 Å². The fourth-order valence-corrected chi connectivity index (χ4v) is 18.1. The van der Waals surface area contributed by atoms with Crippen LogP contribution in [0.15, 0.2) is 12.1 Å². The third-order valence-corrected chi connectivity index (χ3v) is 18.6. The minimum absolute atomic E-state index is 0.699. The largest absolute Gasteiger partial charge is 0.505 e. The van der Waals surface area contributed by atoms with Crippen molar-refractivity contribution in [1.29, 1.82) is 0 Å². The summed E-state index contributed by atoms with van der Waals surface area (Å²) >= 11 is 1.93. The molecule has 8 nitrogen and oxygen atoms in total. The van der Waals surface area contributed by atoms with Gasteiger partial charge >= 0.3 is 17.6 Å². The van der Waals surface area contributed by atoms with Crippen molar-refractivity contribution in [2.24, 2.45) is 0 Å². The molecule has 0 saturated carbocycles. The highest BCUT2D eigenvalue weighted by molar-refractivity contribution is 7.19. The van der Waals surface area contributed by atoms with Crippen molar-refractivity contribution in [3.63, 3.8) is 0 Å². The van der Waals surface area contributed by atoms with Gasteiger partial charge in [-0.25, -0.2) is 0 Å². The van der Waals surface area contributed by atoms with Crippen molar-refractivity contribution in [1.82, 2.24) is 9.80 Å². The van der Waals surface area contributed by atoms with E-state index in [2.05, 4.69) is 48.1 Å². The van der Waals surface area contributed by atoms with E-state index in [4.69, 9.17) is 26.6 Å². The lowest BCUT2D eigenvalue weighted by molar-refractivity contribution is -0.00615. The molecule has 1 aromatic rings. The van der Waals surface area contributed by atoms with Gasteiger partial charge in [-0.2, -0.15) is 0 Å². The Balaban J connectivity index is 1.38. The molecule has 6 fully saturated rings. The van der Waals surface area contributed by atoms with Crippen LogP contribution < -0.4 is 0 Å². The molecule has 0 spiro atoms. The molecule has 4 bridgehead atoms. The van der Waals surface area contributed by atoms with Gasteiger partial charge in [0, 0.05) is 77.9 Å². The summed E-state index contributed by atoms with van der Waals surface area (Å²) in [4.78, 5) is 7.48. The topological polar surface area (TPSA) is 61.9 Å². The van der Waals surface area contributed by atoms with E-state index in [1.807, 2.05) is 11.3 Å². The molecule has 0 unspecified atom stereocenters. The highest BCUT2D eigenvalue weighted by atomic mass is 32.1. The van der Waals surface area contributed by atoms with Crippen molar-refractivity contribution < 1.29 is 26.6 Å². The third-order valence-electron chi connectivity index (χ3n) is 7.57. The van der Waals surface area contributed by atoms with Crippen LogP contribution in [0, 0.1) is 0 Å². The fraction of sp³-hybridized carbons (Fsp3) is 0.750. The molecule has 13 heteroatoms. The van der Waals surface area contributed by atoms with Crippen LogP contribution >= 0.6 is 11.3 Å². The van der Waals surface area contributed by atoms with Crippen LogP contribution in [-0.2, 0) is 26.6 Å². The van der Waals surface area contributed by atoms with Gasteiger partial charge in [-0.1, -0.05) is 26.2 Å². The Morgan fingerprint density at radius 2 is 0.919 bits per heavy atom. The van der Waals surface area contributed by atoms with Crippen molar-refractivity contribution in [3.05, 3.63) is 21.9 Å². The van der Waals surface area contributed by atoms with E-state index in [-0.39, 0.29) is 0 Å². The average Bonchev–Trinajstić information content (AvgIpc) is 3.25. The molecule has 7 heterocycles. The van der Waals surface area contributed by atoms with E-state index in [0.717, 1.165) is 51.4 Å². The van der Waals surface area contributed by atoms with E-state index in [1.54, 1.807) is 0 Å². The van der Waals surface area contributed by atoms with Crippen molar-refractivity contribution in [2.45, 2.75) is 38.3 Å². The average molecular weight is 599 g/mol. The zero-order valence-corrected chi connectivity index (χ0v) is 27.6. The standard InChI is InChI=1S/C24H42N2O6SSi4/c1-34(2)23(19-36-27-13-7-25(8-14-28-36)9-15-29-36)21-5-6-22(33-21)24(35(3)4)20-37-30-16-10-26(11-17-31-37)12-18-32-37/h5-6H,7-20H2,1-4H3. The van der Waals surface area contributed by atoms with Crippen LogP contribution in [0.3, 0.4) is 0 Å². The number of hydrogen-bond acceptors (Lipinski definition) is 9. The van der Waals surface area contributed by atoms with Gasteiger partial charge in [-0.3, -0.25) is 9.80 Å². The second-order valence-corrected chi connectivity index (χ2v) is 22.1. The second-order valence-electron chi connectivity index (χ2n) is 10.6. The first-order valence-corrected chi connectivity index (χ1v) is 23.3. The van der Waals surface area contributed by atoms with Gasteiger partial charge in [0.05, 0.1) is 39.6 Å². The Morgan fingerprint density at radius 1 is 0.622 bits per heavy atom. The lowest BCUT2D eigenvalue weighted by Gasteiger charge is -2.38. The maximum Gasteiger partial charge on any atom is 0.505 e. The maximum absolute atomic E-state index is 6.41. The van der Waals surface area contributed by atoms with Crippen molar-refractivity contribution >= 4 is 56.1 Å². The van der Waals surface area contributed by atoms with Crippen LogP contribution in [0.1, 0.15) is 9.75 Å². The lowest BCUT2D eigenvalue weighted by atomic mass is 10.3. The van der Waals surface area contributed by atoms with Crippen LogP contribution in [-0.4, -0.2) is 133 Å². The first-order chi connectivity index (χ1) is 17.9. The molecule has 0 aromatic carbocycles. The van der Waals surface area contributed by atoms with Crippen LogP contribution in [0.4, 0.5) is 0 Å². The van der Waals surface area contributed by atoms with E-state index >= 15 is 0 Å². The number of fused-ring (bicyclic) bond motifs is 12. The number of nitrogens with zero attached hydrogens (tertiary/aromatic N) is 2. The van der Waals surface area contributed by atoms with Gasteiger partial charge in [0.2, 0.25) is 0 Å². The Labute approximate surface area is 230 Å². The van der Waals surface area contributed by atoms with E-state index < -0.39 is 34.4 Å². The lowest BCUT2D eigenvalue weighted by Crippen LogP contribution is -2.56. The van der Waals surface area contributed by atoms with Gasteiger partial charge < -0.3 is 26.6 Å². The predicted octanol–water partition coefficient (Wildman–Crippen LogP) is 2.10. The molecule has 6 saturated heterocycles. The maximum atomic E-state index is 6.41. The zero-order chi connectivity index (χ0) is 25.9.